The van der Waals surface area contributed by atoms with Gasteiger partial charge >= 0.3 is 0 Å². The van der Waals surface area contributed by atoms with Crippen molar-refractivity contribution in [3.8, 4) is 5.75 Å². The van der Waals surface area contributed by atoms with Crippen LogP contribution < -0.4 is 4.74 Å². The number of carbonyl (C=O) groups is 1. The number of amides is 1. The fraction of sp³-hybridized carbons (Fsp3) is 0.500. The van der Waals surface area contributed by atoms with Crippen molar-refractivity contribution >= 4 is 17.5 Å². The van der Waals surface area contributed by atoms with Crippen molar-refractivity contribution in [3.63, 3.8) is 0 Å². The van der Waals surface area contributed by atoms with E-state index in [9.17, 15) is 9.90 Å². The highest BCUT2D eigenvalue weighted by molar-refractivity contribution is 6.30. The predicted molar refractivity (Wildman–Crippen MR) is 73.0 cm³/mol. The summed E-state index contributed by atoms with van der Waals surface area (Å²) in [6.45, 7) is 1.25. The summed E-state index contributed by atoms with van der Waals surface area (Å²) in [5, 5.41) is 9.97. The number of morpholine rings is 1. The van der Waals surface area contributed by atoms with Crippen molar-refractivity contribution < 1.29 is 19.4 Å². The third-order valence-electron chi connectivity index (χ3n) is 3.69. The normalized spacial score (nSPS) is 25.2. The first kappa shape index (κ1) is 13.7. The quantitative estimate of drug-likeness (QED) is 0.880. The molecule has 20 heavy (non-hydrogen) atoms. The van der Waals surface area contributed by atoms with Crippen molar-refractivity contribution in [2.24, 2.45) is 0 Å². The second kappa shape index (κ2) is 5.60. The van der Waals surface area contributed by atoms with E-state index < -0.39 is 6.10 Å². The summed E-state index contributed by atoms with van der Waals surface area (Å²) in [6, 6.07) is 5.08. The molecule has 1 N–H and O–H groups in total. The lowest BCUT2D eigenvalue weighted by atomic mass is 10.1. The fourth-order valence-electron chi connectivity index (χ4n) is 2.64. The summed E-state index contributed by atoms with van der Waals surface area (Å²) in [5.41, 5.74) is 0.949. The molecule has 0 radical (unpaired) electrons. The van der Waals surface area contributed by atoms with Gasteiger partial charge in [0, 0.05) is 18.0 Å². The Hall–Kier alpha value is -1.30. The molecule has 0 spiro atoms. The Morgan fingerprint density at radius 2 is 2.35 bits per heavy atom. The molecule has 0 bridgehead atoms. The van der Waals surface area contributed by atoms with Crippen LogP contribution in [-0.2, 0) is 16.0 Å². The van der Waals surface area contributed by atoms with Gasteiger partial charge in [0.1, 0.15) is 5.75 Å². The zero-order chi connectivity index (χ0) is 14.1. The number of ether oxygens (including phenoxy) is 2. The Morgan fingerprint density at radius 1 is 1.50 bits per heavy atom. The van der Waals surface area contributed by atoms with Crippen molar-refractivity contribution in [1.29, 1.82) is 0 Å². The largest absolute Gasteiger partial charge is 0.480 e. The molecule has 2 aliphatic heterocycles. The SMILES string of the molecule is O=C(C1Cc2cc(Cl)ccc2O1)N1CCOCC1CO. The number of rotatable bonds is 2. The van der Waals surface area contributed by atoms with Crippen LogP contribution in [-0.4, -0.2) is 54.4 Å². The summed E-state index contributed by atoms with van der Waals surface area (Å²) in [7, 11) is 0. The van der Waals surface area contributed by atoms with Gasteiger partial charge in [0.15, 0.2) is 6.10 Å². The molecular formula is C14H16ClNO4. The van der Waals surface area contributed by atoms with Gasteiger partial charge in [0.2, 0.25) is 0 Å². The van der Waals surface area contributed by atoms with Gasteiger partial charge in [0.25, 0.3) is 5.91 Å². The average Bonchev–Trinajstić information content (AvgIpc) is 2.89. The topological polar surface area (TPSA) is 59.0 Å². The van der Waals surface area contributed by atoms with Gasteiger partial charge in [-0.15, -0.1) is 0 Å². The molecule has 3 rings (SSSR count). The van der Waals surface area contributed by atoms with Crippen LogP contribution in [0.4, 0.5) is 0 Å². The molecule has 1 amide bonds. The molecule has 5 nitrogen and oxygen atoms in total. The van der Waals surface area contributed by atoms with E-state index in [0.29, 0.717) is 37.0 Å². The second-order valence-electron chi connectivity index (χ2n) is 5.01. The lowest BCUT2D eigenvalue weighted by Gasteiger charge is -2.35. The summed E-state index contributed by atoms with van der Waals surface area (Å²) < 4.78 is 11.0. The zero-order valence-electron chi connectivity index (χ0n) is 10.9. The number of carbonyl (C=O) groups excluding carboxylic acids is 1. The molecule has 0 saturated carbocycles. The lowest BCUT2D eigenvalue weighted by Crippen LogP contribution is -2.54. The van der Waals surface area contributed by atoms with Crippen LogP contribution in [0.15, 0.2) is 18.2 Å². The highest BCUT2D eigenvalue weighted by Crippen LogP contribution is 2.32. The van der Waals surface area contributed by atoms with Crippen LogP contribution in [0.25, 0.3) is 0 Å². The molecule has 0 aliphatic carbocycles. The smallest absolute Gasteiger partial charge is 0.264 e. The Kier molecular flexibility index (Phi) is 3.83. The monoisotopic (exact) mass is 297 g/mol. The Morgan fingerprint density at radius 3 is 3.15 bits per heavy atom. The van der Waals surface area contributed by atoms with E-state index in [2.05, 4.69) is 0 Å². The molecule has 1 fully saturated rings. The van der Waals surface area contributed by atoms with Crippen molar-refractivity contribution in [2.45, 2.75) is 18.6 Å². The molecular weight excluding hydrogens is 282 g/mol. The predicted octanol–water partition coefficient (Wildman–Crippen LogP) is 0.863. The van der Waals surface area contributed by atoms with Crippen molar-refractivity contribution in [1.82, 2.24) is 4.90 Å². The molecule has 6 heteroatoms. The maximum Gasteiger partial charge on any atom is 0.264 e. The van der Waals surface area contributed by atoms with Crippen LogP contribution in [0, 0.1) is 0 Å². The number of halogens is 1. The van der Waals surface area contributed by atoms with Crippen molar-refractivity contribution in [2.75, 3.05) is 26.4 Å². The van der Waals surface area contributed by atoms with Gasteiger partial charge in [-0.05, 0) is 23.8 Å². The van der Waals surface area contributed by atoms with E-state index in [-0.39, 0.29) is 18.6 Å². The van der Waals surface area contributed by atoms with Gasteiger partial charge in [-0.2, -0.15) is 0 Å². The fourth-order valence-corrected chi connectivity index (χ4v) is 2.83. The molecule has 0 aromatic heterocycles. The minimum absolute atomic E-state index is 0.0975. The summed E-state index contributed by atoms with van der Waals surface area (Å²) >= 11 is 5.94. The molecule has 1 saturated heterocycles. The van der Waals surface area contributed by atoms with Gasteiger partial charge in [-0.1, -0.05) is 11.6 Å². The first-order chi connectivity index (χ1) is 9.69. The van der Waals surface area contributed by atoms with E-state index in [1.54, 1.807) is 17.0 Å². The molecule has 2 heterocycles. The Bertz CT molecular complexity index is 522. The van der Waals surface area contributed by atoms with Crippen LogP contribution in [0.2, 0.25) is 5.02 Å². The third kappa shape index (κ3) is 2.49. The Labute approximate surface area is 122 Å². The van der Waals surface area contributed by atoms with Gasteiger partial charge in [0.05, 0.1) is 25.9 Å². The molecule has 2 unspecified atom stereocenters. The second-order valence-corrected chi connectivity index (χ2v) is 5.44. The zero-order valence-corrected chi connectivity index (χ0v) is 11.7. The van der Waals surface area contributed by atoms with Gasteiger partial charge < -0.3 is 19.5 Å². The summed E-state index contributed by atoms with van der Waals surface area (Å²) in [5.74, 6) is 0.612. The minimum atomic E-state index is -0.532. The molecule has 108 valence electrons. The number of benzene rings is 1. The van der Waals surface area contributed by atoms with E-state index in [1.807, 2.05) is 6.07 Å². The Balaban J connectivity index is 1.73. The number of hydrogen-bond acceptors (Lipinski definition) is 4. The summed E-state index contributed by atoms with van der Waals surface area (Å²) in [4.78, 5) is 14.2. The van der Waals surface area contributed by atoms with E-state index in [0.717, 1.165) is 5.56 Å². The highest BCUT2D eigenvalue weighted by Gasteiger charge is 2.36. The van der Waals surface area contributed by atoms with Crippen molar-refractivity contribution in [3.05, 3.63) is 28.8 Å². The maximum atomic E-state index is 12.5. The number of fused-ring (bicyclic) bond motifs is 1. The van der Waals surface area contributed by atoms with E-state index in [4.69, 9.17) is 21.1 Å². The maximum absolute atomic E-state index is 12.5. The highest BCUT2D eigenvalue weighted by atomic mass is 35.5. The van der Waals surface area contributed by atoms with Crippen LogP contribution >= 0.6 is 11.6 Å². The minimum Gasteiger partial charge on any atom is -0.480 e. The number of aliphatic hydroxyl groups is 1. The summed E-state index contributed by atoms with van der Waals surface area (Å²) in [6.07, 6.45) is -0.0137. The van der Waals surface area contributed by atoms with E-state index in [1.165, 1.54) is 0 Å². The number of nitrogens with zero attached hydrogens (tertiary/aromatic N) is 1. The average molecular weight is 298 g/mol. The lowest BCUT2D eigenvalue weighted by molar-refractivity contribution is -0.148. The van der Waals surface area contributed by atoms with Crippen LogP contribution in [0.5, 0.6) is 5.75 Å². The third-order valence-corrected chi connectivity index (χ3v) is 3.93. The van der Waals surface area contributed by atoms with Crippen LogP contribution in [0.1, 0.15) is 5.56 Å². The van der Waals surface area contributed by atoms with Gasteiger partial charge in [-0.25, -0.2) is 0 Å². The number of aliphatic hydroxyl groups excluding tert-OH is 1. The molecule has 2 aliphatic rings. The van der Waals surface area contributed by atoms with E-state index >= 15 is 0 Å². The molecule has 2 atom stereocenters. The molecule has 1 aromatic rings. The number of hydrogen-bond donors (Lipinski definition) is 1. The standard InChI is InChI=1S/C14H16ClNO4/c15-10-1-2-12-9(5-10)6-13(20-12)14(18)16-3-4-19-8-11(16)7-17/h1-2,5,11,13,17H,3-4,6-8H2. The first-order valence-corrected chi connectivity index (χ1v) is 7.01. The van der Waals surface area contributed by atoms with Crippen LogP contribution in [0.3, 0.4) is 0 Å². The molecule has 1 aromatic carbocycles. The first-order valence-electron chi connectivity index (χ1n) is 6.63. The van der Waals surface area contributed by atoms with Gasteiger partial charge in [-0.3, -0.25) is 4.79 Å².